The van der Waals surface area contributed by atoms with Gasteiger partial charge in [-0.05, 0) is 20.3 Å². The fourth-order valence-corrected chi connectivity index (χ4v) is 0.993. The quantitative estimate of drug-likeness (QED) is 0.692. The molecule has 0 atom stereocenters. The maximum absolute atomic E-state index is 11.3. The Balaban J connectivity index is 2.62. The number of hydrogen-bond donors (Lipinski definition) is 0. The van der Waals surface area contributed by atoms with Gasteiger partial charge in [0.15, 0.2) is 5.69 Å². The molecule has 0 aliphatic heterocycles. The lowest BCUT2D eigenvalue weighted by Crippen LogP contribution is -2.06. The fraction of sp³-hybridized carbons (Fsp3) is 0.600. The molecule has 0 fully saturated rings. The maximum atomic E-state index is 11.3. The molecule has 1 aromatic heterocycles. The van der Waals surface area contributed by atoms with Crippen LogP contribution in [0.1, 0.15) is 43.7 Å². The topological polar surface area (TPSA) is 44.1 Å². The lowest BCUT2D eigenvalue weighted by atomic mass is 10.4. The van der Waals surface area contributed by atoms with Gasteiger partial charge in [-0.3, -0.25) is 0 Å². The van der Waals surface area contributed by atoms with Crippen molar-refractivity contribution in [2.45, 2.75) is 33.2 Å². The summed E-state index contributed by atoms with van der Waals surface area (Å²) in [5.74, 6) is -0.341. The SMILES string of the molecule is CCCOC(=O)c1cn(C(C)C)cn1. The third kappa shape index (κ3) is 2.58. The second kappa shape index (κ2) is 4.79. The molecule has 4 heteroatoms. The van der Waals surface area contributed by atoms with Crippen LogP contribution in [0.3, 0.4) is 0 Å². The Hall–Kier alpha value is -1.32. The Morgan fingerprint density at radius 1 is 1.64 bits per heavy atom. The lowest BCUT2D eigenvalue weighted by Gasteiger charge is -2.03. The van der Waals surface area contributed by atoms with E-state index in [-0.39, 0.29) is 5.97 Å². The van der Waals surface area contributed by atoms with Crippen molar-refractivity contribution in [3.05, 3.63) is 18.2 Å². The van der Waals surface area contributed by atoms with Crippen LogP contribution in [0.4, 0.5) is 0 Å². The van der Waals surface area contributed by atoms with Crippen LogP contribution in [0.15, 0.2) is 12.5 Å². The van der Waals surface area contributed by atoms with Crippen LogP contribution in [-0.2, 0) is 4.74 Å². The van der Waals surface area contributed by atoms with Crippen LogP contribution >= 0.6 is 0 Å². The fourth-order valence-electron chi connectivity index (χ4n) is 0.993. The molecule has 0 unspecified atom stereocenters. The largest absolute Gasteiger partial charge is 0.461 e. The molecule has 0 saturated heterocycles. The summed E-state index contributed by atoms with van der Waals surface area (Å²) in [6, 6.07) is 0.315. The molecule has 0 spiro atoms. The summed E-state index contributed by atoms with van der Waals surface area (Å²) in [7, 11) is 0. The van der Waals surface area contributed by atoms with E-state index in [9.17, 15) is 4.79 Å². The molecule has 1 rings (SSSR count). The molecule has 14 heavy (non-hydrogen) atoms. The van der Waals surface area contributed by atoms with Crippen molar-refractivity contribution < 1.29 is 9.53 Å². The van der Waals surface area contributed by atoms with E-state index in [1.807, 2.05) is 25.3 Å². The molecule has 0 aliphatic rings. The van der Waals surface area contributed by atoms with E-state index >= 15 is 0 Å². The first-order chi connectivity index (χ1) is 6.65. The van der Waals surface area contributed by atoms with E-state index in [0.29, 0.717) is 18.3 Å². The standard InChI is InChI=1S/C10H16N2O2/c1-4-5-14-10(13)9-6-12(7-11-9)8(2)3/h6-8H,4-5H2,1-3H3. The monoisotopic (exact) mass is 196 g/mol. The van der Waals surface area contributed by atoms with Gasteiger partial charge in [-0.2, -0.15) is 0 Å². The van der Waals surface area contributed by atoms with E-state index in [1.54, 1.807) is 12.5 Å². The van der Waals surface area contributed by atoms with Gasteiger partial charge in [-0.1, -0.05) is 6.92 Å². The molecule has 0 saturated carbocycles. The Bertz CT molecular complexity index is 305. The van der Waals surface area contributed by atoms with Crippen molar-refractivity contribution in [2.75, 3.05) is 6.61 Å². The minimum atomic E-state index is -0.341. The zero-order valence-corrected chi connectivity index (χ0v) is 8.86. The number of imidazole rings is 1. The van der Waals surface area contributed by atoms with Crippen molar-refractivity contribution in [3.63, 3.8) is 0 Å². The highest BCUT2D eigenvalue weighted by Gasteiger charge is 2.10. The van der Waals surface area contributed by atoms with Crippen molar-refractivity contribution in [1.82, 2.24) is 9.55 Å². The van der Waals surface area contributed by atoms with Crippen molar-refractivity contribution in [1.29, 1.82) is 0 Å². The number of nitrogens with zero attached hydrogens (tertiary/aromatic N) is 2. The molecular formula is C10H16N2O2. The molecular weight excluding hydrogens is 180 g/mol. The number of rotatable bonds is 4. The molecule has 0 amide bonds. The zero-order chi connectivity index (χ0) is 10.6. The number of esters is 1. The van der Waals surface area contributed by atoms with Crippen LogP contribution in [0, 0.1) is 0 Å². The van der Waals surface area contributed by atoms with Crippen LogP contribution in [0.5, 0.6) is 0 Å². The smallest absolute Gasteiger partial charge is 0.358 e. The average Bonchev–Trinajstić information content (AvgIpc) is 2.62. The van der Waals surface area contributed by atoms with Gasteiger partial charge < -0.3 is 9.30 Å². The number of carbonyl (C=O) groups excluding carboxylic acids is 1. The molecule has 1 heterocycles. The molecule has 0 aromatic carbocycles. The van der Waals surface area contributed by atoms with E-state index in [2.05, 4.69) is 4.98 Å². The van der Waals surface area contributed by atoms with Crippen LogP contribution in [0.25, 0.3) is 0 Å². The normalized spacial score (nSPS) is 10.6. The van der Waals surface area contributed by atoms with Crippen molar-refractivity contribution >= 4 is 5.97 Å². The molecule has 0 aliphatic carbocycles. The van der Waals surface area contributed by atoms with E-state index < -0.39 is 0 Å². The van der Waals surface area contributed by atoms with Gasteiger partial charge in [0.2, 0.25) is 0 Å². The van der Waals surface area contributed by atoms with Crippen LogP contribution < -0.4 is 0 Å². The second-order valence-corrected chi connectivity index (χ2v) is 3.44. The predicted octanol–water partition coefficient (Wildman–Crippen LogP) is 2.03. The Morgan fingerprint density at radius 3 is 2.86 bits per heavy atom. The zero-order valence-electron chi connectivity index (χ0n) is 8.86. The summed E-state index contributed by atoms with van der Waals surface area (Å²) in [5.41, 5.74) is 0.382. The van der Waals surface area contributed by atoms with Crippen molar-refractivity contribution in [2.24, 2.45) is 0 Å². The first kappa shape index (κ1) is 10.8. The predicted molar refractivity (Wildman–Crippen MR) is 53.2 cm³/mol. The van der Waals surface area contributed by atoms with Gasteiger partial charge in [0, 0.05) is 12.2 Å². The molecule has 4 nitrogen and oxygen atoms in total. The van der Waals surface area contributed by atoms with Gasteiger partial charge in [0.25, 0.3) is 0 Å². The minimum Gasteiger partial charge on any atom is -0.461 e. The second-order valence-electron chi connectivity index (χ2n) is 3.44. The highest BCUT2D eigenvalue weighted by molar-refractivity contribution is 5.86. The summed E-state index contributed by atoms with van der Waals surface area (Å²) in [6.45, 7) is 6.47. The average molecular weight is 196 g/mol. The summed E-state index contributed by atoms with van der Waals surface area (Å²) in [6.07, 6.45) is 4.19. The third-order valence-electron chi connectivity index (χ3n) is 1.84. The molecule has 0 N–H and O–H groups in total. The summed E-state index contributed by atoms with van der Waals surface area (Å²) < 4.78 is 6.83. The number of ether oxygens (including phenoxy) is 1. The third-order valence-corrected chi connectivity index (χ3v) is 1.84. The van der Waals surface area contributed by atoms with E-state index in [0.717, 1.165) is 6.42 Å². The molecule has 78 valence electrons. The Labute approximate surface area is 83.9 Å². The van der Waals surface area contributed by atoms with Gasteiger partial charge >= 0.3 is 5.97 Å². The molecule has 0 bridgehead atoms. The van der Waals surface area contributed by atoms with Gasteiger partial charge in [-0.25, -0.2) is 9.78 Å². The van der Waals surface area contributed by atoms with Crippen LogP contribution in [-0.4, -0.2) is 22.1 Å². The number of hydrogen-bond acceptors (Lipinski definition) is 3. The van der Waals surface area contributed by atoms with Crippen molar-refractivity contribution in [3.8, 4) is 0 Å². The number of carbonyl (C=O) groups is 1. The Kier molecular flexibility index (Phi) is 3.68. The van der Waals surface area contributed by atoms with Gasteiger partial charge in [0.1, 0.15) is 0 Å². The van der Waals surface area contributed by atoms with Gasteiger partial charge in [0.05, 0.1) is 12.9 Å². The Morgan fingerprint density at radius 2 is 2.36 bits per heavy atom. The van der Waals surface area contributed by atoms with E-state index in [4.69, 9.17) is 4.74 Å². The number of aromatic nitrogens is 2. The molecule has 0 radical (unpaired) electrons. The highest BCUT2D eigenvalue weighted by atomic mass is 16.5. The maximum Gasteiger partial charge on any atom is 0.358 e. The van der Waals surface area contributed by atoms with Gasteiger partial charge in [-0.15, -0.1) is 0 Å². The summed E-state index contributed by atoms with van der Waals surface area (Å²) in [4.78, 5) is 15.3. The van der Waals surface area contributed by atoms with E-state index in [1.165, 1.54) is 0 Å². The first-order valence-corrected chi connectivity index (χ1v) is 4.85. The highest BCUT2D eigenvalue weighted by Crippen LogP contribution is 2.06. The summed E-state index contributed by atoms with van der Waals surface area (Å²) in [5, 5.41) is 0. The summed E-state index contributed by atoms with van der Waals surface area (Å²) >= 11 is 0. The first-order valence-electron chi connectivity index (χ1n) is 4.85. The molecule has 1 aromatic rings. The van der Waals surface area contributed by atoms with Crippen LogP contribution in [0.2, 0.25) is 0 Å². The lowest BCUT2D eigenvalue weighted by molar-refractivity contribution is 0.0498. The minimum absolute atomic E-state index is 0.315.